The van der Waals surface area contributed by atoms with Crippen LogP contribution >= 0.6 is 0 Å². The van der Waals surface area contributed by atoms with E-state index in [0.29, 0.717) is 0 Å². The number of H-pyrrole nitrogens is 2. The van der Waals surface area contributed by atoms with E-state index in [-0.39, 0.29) is 6.54 Å². The lowest BCUT2D eigenvalue weighted by atomic mass is 10.0. The highest BCUT2D eigenvalue weighted by molar-refractivity contribution is 5.99. The number of nitrogens with one attached hydrogen (secondary N) is 2. The molecule has 264 valence electrons. The average molecular weight is 712 g/mol. The van der Waals surface area contributed by atoms with Crippen LogP contribution in [0.15, 0.2) is 126 Å². The van der Waals surface area contributed by atoms with Crippen LogP contribution in [0.4, 0.5) is 0 Å². The molecular formula is C48H37N7. The zero-order valence-electron chi connectivity index (χ0n) is 30.8. The molecule has 0 aliphatic carbocycles. The number of nitrogens with zero attached hydrogens (tertiary/aromatic N) is 5. The van der Waals surface area contributed by atoms with Crippen LogP contribution in [0.2, 0.25) is 0 Å². The summed E-state index contributed by atoms with van der Waals surface area (Å²) in [6.07, 6.45) is 8.48. The van der Waals surface area contributed by atoms with Gasteiger partial charge in [0.05, 0.1) is 29.3 Å². The third-order valence-electron chi connectivity index (χ3n) is 10.3. The molecule has 7 aromatic rings. The molecule has 0 spiro atoms. The average Bonchev–Trinajstić information content (AvgIpc) is 4.04. The Hall–Kier alpha value is -7.21. The third-order valence-corrected chi connectivity index (χ3v) is 10.3. The fourth-order valence-corrected chi connectivity index (χ4v) is 7.47. The minimum absolute atomic E-state index is 0.289. The molecular weight excluding hydrogens is 675 g/mol. The largest absolute Gasteiger partial charge is 0.354 e. The van der Waals surface area contributed by atoms with E-state index in [1.165, 1.54) is 16.7 Å². The van der Waals surface area contributed by atoms with Gasteiger partial charge >= 0.3 is 0 Å². The van der Waals surface area contributed by atoms with Crippen LogP contribution < -0.4 is 0 Å². The summed E-state index contributed by atoms with van der Waals surface area (Å²) < 4.78 is 0. The van der Waals surface area contributed by atoms with Crippen molar-refractivity contribution in [2.75, 3.05) is 0 Å². The molecule has 0 atom stereocenters. The van der Waals surface area contributed by atoms with Crippen molar-refractivity contribution in [3.05, 3.63) is 177 Å². The molecule has 7 nitrogen and oxygen atoms in total. The molecule has 0 fully saturated rings. The summed E-state index contributed by atoms with van der Waals surface area (Å²) >= 11 is 0. The number of benzene rings is 4. The molecule has 8 bridgehead atoms. The lowest BCUT2D eigenvalue weighted by Gasteiger charge is -2.08. The van der Waals surface area contributed by atoms with Gasteiger partial charge in [0.25, 0.3) is 0 Å². The van der Waals surface area contributed by atoms with E-state index in [1.54, 1.807) is 0 Å². The topological polar surface area (TPSA) is 106 Å². The molecule has 4 aromatic carbocycles. The maximum atomic E-state index is 8.91. The van der Waals surface area contributed by atoms with Gasteiger partial charge in [-0.3, -0.25) is 0 Å². The number of aromatic nitrogens is 4. The van der Waals surface area contributed by atoms with Crippen molar-refractivity contribution >= 4 is 46.4 Å². The lowest BCUT2D eigenvalue weighted by molar-refractivity contribution is 1.05. The number of azide groups is 1. The van der Waals surface area contributed by atoms with Crippen LogP contribution in [0.25, 0.3) is 101 Å². The monoisotopic (exact) mass is 711 g/mol. The molecule has 55 heavy (non-hydrogen) atoms. The van der Waals surface area contributed by atoms with Crippen molar-refractivity contribution in [3.63, 3.8) is 0 Å². The summed E-state index contributed by atoms with van der Waals surface area (Å²) in [6, 6.07) is 42.7. The second kappa shape index (κ2) is 14.0. The van der Waals surface area contributed by atoms with Gasteiger partial charge < -0.3 is 9.97 Å². The van der Waals surface area contributed by atoms with Crippen LogP contribution in [0, 0.1) is 20.8 Å². The van der Waals surface area contributed by atoms with Gasteiger partial charge in [0.1, 0.15) is 0 Å². The van der Waals surface area contributed by atoms with E-state index in [4.69, 9.17) is 15.5 Å². The highest BCUT2D eigenvalue weighted by atomic mass is 15.1. The van der Waals surface area contributed by atoms with E-state index < -0.39 is 0 Å². The van der Waals surface area contributed by atoms with E-state index in [1.807, 2.05) is 12.1 Å². The van der Waals surface area contributed by atoms with Crippen molar-refractivity contribution in [2.45, 2.75) is 27.3 Å². The molecule has 0 saturated heterocycles. The Bertz CT molecular complexity index is 2840. The number of hydrogen-bond acceptors (Lipinski definition) is 3. The first kappa shape index (κ1) is 33.6. The van der Waals surface area contributed by atoms with Crippen molar-refractivity contribution in [3.8, 4) is 44.5 Å². The summed E-state index contributed by atoms with van der Waals surface area (Å²) in [4.78, 5) is 21.4. The first-order valence-corrected chi connectivity index (χ1v) is 18.4. The van der Waals surface area contributed by atoms with Crippen LogP contribution in [0.1, 0.15) is 45.0 Å². The van der Waals surface area contributed by atoms with Gasteiger partial charge in [-0.05, 0) is 103 Å². The molecule has 0 radical (unpaired) electrons. The van der Waals surface area contributed by atoms with Gasteiger partial charge in [0.2, 0.25) is 0 Å². The minimum Gasteiger partial charge on any atom is -0.354 e. The summed E-state index contributed by atoms with van der Waals surface area (Å²) in [7, 11) is 0. The SMILES string of the molecule is Cc1ccc(-c2c3nc(c(-c4ccc(C)cc4)c4ccc([nH]4)c(-c4ccc(CN=[N+]=[N-])cc4)c4nc(c(-c5ccc(C)cc5)c5ccc2[nH]5)C=C4)C=C3)cc1. The number of hydrogen-bond donors (Lipinski definition) is 2. The fourth-order valence-electron chi connectivity index (χ4n) is 7.47. The van der Waals surface area contributed by atoms with E-state index >= 15 is 0 Å². The molecule has 0 unspecified atom stereocenters. The van der Waals surface area contributed by atoms with Gasteiger partial charge in [0, 0.05) is 49.2 Å². The van der Waals surface area contributed by atoms with E-state index in [9.17, 15) is 0 Å². The molecule has 7 heteroatoms. The second-order valence-electron chi connectivity index (χ2n) is 14.2. The van der Waals surface area contributed by atoms with Crippen molar-refractivity contribution in [1.29, 1.82) is 0 Å². The fraction of sp³-hybridized carbons (Fsp3) is 0.0833. The first-order valence-electron chi connectivity index (χ1n) is 18.4. The Labute approximate surface area is 319 Å². The number of aryl methyl sites for hydroxylation is 3. The van der Waals surface area contributed by atoms with Crippen molar-refractivity contribution < 1.29 is 0 Å². The van der Waals surface area contributed by atoms with Crippen LogP contribution in [0.5, 0.6) is 0 Å². The zero-order chi connectivity index (χ0) is 37.5. The molecule has 2 aliphatic heterocycles. The predicted octanol–water partition coefficient (Wildman–Crippen LogP) is 13.1. The lowest BCUT2D eigenvalue weighted by Crippen LogP contribution is -1.90. The molecule has 2 aliphatic rings. The Balaban J connectivity index is 1.43. The minimum atomic E-state index is 0.289. The summed E-state index contributed by atoms with van der Waals surface area (Å²) in [6.45, 7) is 6.61. The van der Waals surface area contributed by atoms with Crippen LogP contribution in [-0.4, -0.2) is 19.9 Å². The van der Waals surface area contributed by atoms with Gasteiger partial charge in [-0.25, -0.2) is 9.97 Å². The predicted molar refractivity (Wildman–Crippen MR) is 228 cm³/mol. The molecule has 0 saturated carbocycles. The van der Waals surface area contributed by atoms with Gasteiger partial charge in [0.15, 0.2) is 0 Å². The smallest absolute Gasteiger partial charge is 0.0737 e. The van der Waals surface area contributed by atoms with Crippen molar-refractivity contribution in [2.24, 2.45) is 5.11 Å². The Morgan fingerprint density at radius 3 is 1.02 bits per heavy atom. The highest BCUT2D eigenvalue weighted by Crippen LogP contribution is 2.38. The van der Waals surface area contributed by atoms with E-state index in [2.05, 4.69) is 174 Å². The maximum absolute atomic E-state index is 8.91. The molecule has 9 rings (SSSR count). The first-order chi connectivity index (χ1) is 26.9. The van der Waals surface area contributed by atoms with Gasteiger partial charge in [-0.2, -0.15) is 0 Å². The summed E-state index contributed by atoms with van der Waals surface area (Å²) in [5, 5.41) is 3.77. The summed E-state index contributed by atoms with van der Waals surface area (Å²) in [5.74, 6) is 0. The summed E-state index contributed by atoms with van der Waals surface area (Å²) in [5.41, 5.74) is 28.9. The Kier molecular flexibility index (Phi) is 8.54. The number of aromatic amines is 2. The molecule has 3 aromatic heterocycles. The standard InChI is InChI=1S/C48H37N7/c1-29-4-12-33(13-5-29)45-37-20-22-39(51-37)46(34-14-6-30(2)7-15-34)41-24-26-43(53-41)48(36-18-10-32(11-19-36)28-50-55-49)44-27-25-42(54-44)47(40-23-21-38(45)52-40)35-16-8-31(3)9-17-35/h4-27,51,54H,28H2,1-3H3. The molecule has 2 N–H and O–H groups in total. The highest BCUT2D eigenvalue weighted by Gasteiger charge is 2.19. The third kappa shape index (κ3) is 6.43. The van der Waals surface area contributed by atoms with Gasteiger partial charge in [-0.15, -0.1) is 0 Å². The zero-order valence-corrected chi connectivity index (χ0v) is 30.8. The normalized spacial score (nSPS) is 11.8. The quantitative estimate of drug-likeness (QED) is 0.102. The number of fused-ring (bicyclic) bond motifs is 8. The number of rotatable bonds is 6. The molecule has 5 heterocycles. The van der Waals surface area contributed by atoms with Crippen molar-refractivity contribution in [1.82, 2.24) is 19.9 Å². The Morgan fingerprint density at radius 2 is 0.727 bits per heavy atom. The maximum Gasteiger partial charge on any atom is 0.0737 e. The van der Waals surface area contributed by atoms with Crippen LogP contribution in [0.3, 0.4) is 0 Å². The molecule has 0 amide bonds. The Morgan fingerprint density at radius 1 is 0.436 bits per heavy atom. The van der Waals surface area contributed by atoms with Crippen LogP contribution in [-0.2, 0) is 6.54 Å². The van der Waals surface area contributed by atoms with Gasteiger partial charge in [-0.1, -0.05) is 119 Å². The van der Waals surface area contributed by atoms with E-state index in [0.717, 1.165) is 94.9 Å². The second-order valence-corrected chi connectivity index (χ2v) is 14.2.